The molecule has 0 aliphatic heterocycles. The molecule has 0 amide bonds. The van der Waals surface area contributed by atoms with Gasteiger partial charge in [0.2, 0.25) is 0 Å². The number of aliphatic hydroxyl groups is 1. The SMILES string of the molecule is C=C(O)/C=C(\N=C(CC)SCc1c(Cl)c(Cl)nc(Cl)c1Cl)C(F)(F)F. The molecule has 0 spiro atoms. The maximum atomic E-state index is 13.0. The molecule has 0 bridgehead atoms. The summed E-state index contributed by atoms with van der Waals surface area (Å²) in [6, 6.07) is 0. The number of alkyl halides is 3. The summed E-state index contributed by atoms with van der Waals surface area (Å²) in [5.74, 6) is -0.673. The Balaban J connectivity index is 3.14. The highest BCUT2D eigenvalue weighted by Crippen LogP contribution is 2.37. The lowest BCUT2D eigenvalue weighted by Crippen LogP contribution is -2.12. The second kappa shape index (κ2) is 9.37. The van der Waals surface area contributed by atoms with Crippen molar-refractivity contribution >= 4 is 63.2 Å². The van der Waals surface area contributed by atoms with Crippen molar-refractivity contribution in [1.82, 2.24) is 4.98 Å². The number of hydrogen-bond acceptors (Lipinski definition) is 4. The van der Waals surface area contributed by atoms with E-state index >= 15 is 0 Å². The van der Waals surface area contributed by atoms with Gasteiger partial charge in [0.05, 0.1) is 15.1 Å². The summed E-state index contributed by atoms with van der Waals surface area (Å²) in [5.41, 5.74) is -0.934. The third kappa shape index (κ3) is 6.57. The minimum Gasteiger partial charge on any atom is -0.509 e. The highest BCUT2D eigenvalue weighted by Gasteiger charge is 2.34. The predicted octanol–water partition coefficient (Wildman–Crippen LogP) is 7.25. The van der Waals surface area contributed by atoms with Crippen molar-refractivity contribution in [3.05, 3.63) is 50.0 Å². The summed E-state index contributed by atoms with van der Waals surface area (Å²) in [6.07, 6.45) is -4.10. The number of hydrogen-bond donors (Lipinski definition) is 1. The largest absolute Gasteiger partial charge is 0.509 e. The van der Waals surface area contributed by atoms with Gasteiger partial charge in [0.15, 0.2) is 0 Å². The second-order valence-electron chi connectivity index (χ2n) is 4.47. The topological polar surface area (TPSA) is 45.5 Å². The number of aliphatic imine (C=N–C) groups is 1. The first-order valence-corrected chi connectivity index (χ1v) is 9.03. The molecule has 1 aromatic heterocycles. The van der Waals surface area contributed by atoms with Gasteiger partial charge in [-0.1, -0.05) is 59.9 Å². The van der Waals surface area contributed by atoms with Crippen molar-refractivity contribution in [2.75, 3.05) is 0 Å². The summed E-state index contributed by atoms with van der Waals surface area (Å²) in [6.45, 7) is 4.64. The van der Waals surface area contributed by atoms with Gasteiger partial charge in [-0.05, 0) is 6.42 Å². The average Bonchev–Trinajstić information content (AvgIpc) is 2.49. The Hall–Kier alpha value is -0.600. The van der Waals surface area contributed by atoms with E-state index in [-0.39, 0.29) is 37.6 Å². The van der Waals surface area contributed by atoms with Crippen molar-refractivity contribution in [2.24, 2.45) is 4.99 Å². The van der Waals surface area contributed by atoms with E-state index in [9.17, 15) is 13.2 Å². The fourth-order valence-electron chi connectivity index (χ4n) is 1.49. The highest BCUT2D eigenvalue weighted by atomic mass is 35.5. The first-order valence-electron chi connectivity index (χ1n) is 6.53. The third-order valence-corrected chi connectivity index (χ3v) is 5.31. The number of halogens is 7. The monoisotopic (exact) mass is 452 g/mol. The zero-order valence-corrected chi connectivity index (χ0v) is 16.4. The summed E-state index contributed by atoms with van der Waals surface area (Å²) in [5, 5.41) is 9.14. The minimum atomic E-state index is -4.74. The molecule has 0 unspecified atom stereocenters. The lowest BCUT2D eigenvalue weighted by Gasteiger charge is -2.12. The van der Waals surface area contributed by atoms with Crippen molar-refractivity contribution in [3.8, 4) is 0 Å². The summed E-state index contributed by atoms with van der Waals surface area (Å²) < 4.78 is 38.9. The number of pyridine rings is 1. The smallest absolute Gasteiger partial charge is 0.433 e. The average molecular weight is 454 g/mol. The van der Waals surface area contributed by atoms with Crippen molar-refractivity contribution in [2.45, 2.75) is 25.3 Å². The van der Waals surface area contributed by atoms with Crippen LogP contribution in [-0.2, 0) is 5.75 Å². The quantitative estimate of drug-likeness (QED) is 0.168. The molecule has 1 N–H and O–H groups in total. The molecule has 3 nitrogen and oxygen atoms in total. The standard InChI is InChI=1S/C14H11Cl4F3N2OS/c1-3-9(22-8(4-6(2)24)14(19,20)21)25-5-7-10(15)12(17)23-13(18)11(7)16/h4,24H,2-3,5H2,1H3/b8-4-,22-9?. The zero-order chi connectivity index (χ0) is 19.4. The van der Waals surface area contributed by atoms with Gasteiger partial charge >= 0.3 is 6.18 Å². The van der Waals surface area contributed by atoms with Crippen LogP contribution in [0.1, 0.15) is 18.9 Å². The fraction of sp³-hybridized carbons (Fsp3) is 0.286. The van der Waals surface area contributed by atoms with E-state index in [1.807, 2.05) is 0 Å². The summed E-state index contributed by atoms with van der Waals surface area (Å²) in [7, 11) is 0. The van der Waals surface area contributed by atoms with Crippen LogP contribution in [0.3, 0.4) is 0 Å². The molecule has 0 atom stereocenters. The van der Waals surface area contributed by atoms with Gasteiger partial charge in [0, 0.05) is 17.4 Å². The van der Waals surface area contributed by atoms with Crippen LogP contribution in [0.25, 0.3) is 0 Å². The van der Waals surface area contributed by atoms with Crippen molar-refractivity contribution < 1.29 is 18.3 Å². The summed E-state index contributed by atoms with van der Waals surface area (Å²) >= 11 is 24.7. The molecular formula is C14H11Cl4F3N2OS. The van der Waals surface area contributed by atoms with Crippen LogP contribution < -0.4 is 0 Å². The lowest BCUT2D eigenvalue weighted by atomic mass is 10.3. The molecule has 11 heteroatoms. The fourth-order valence-corrected chi connectivity index (χ4v) is 3.52. The third-order valence-electron chi connectivity index (χ3n) is 2.61. The van der Waals surface area contributed by atoms with E-state index < -0.39 is 17.6 Å². The van der Waals surface area contributed by atoms with E-state index in [2.05, 4.69) is 16.6 Å². The van der Waals surface area contributed by atoms with Gasteiger partial charge in [-0.2, -0.15) is 13.2 Å². The minimum absolute atomic E-state index is 0.0610. The second-order valence-corrected chi connectivity index (χ2v) is 6.99. The molecule has 25 heavy (non-hydrogen) atoms. The van der Waals surface area contributed by atoms with Gasteiger partial charge in [0.25, 0.3) is 0 Å². The Morgan fingerprint density at radius 3 is 2.16 bits per heavy atom. The van der Waals surface area contributed by atoms with Gasteiger partial charge < -0.3 is 5.11 Å². The maximum absolute atomic E-state index is 13.0. The number of allylic oxidation sites excluding steroid dienone is 2. The molecule has 1 rings (SSSR count). The molecule has 0 aliphatic carbocycles. The van der Waals surface area contributed by atoms with Crippen LogP contribution in [-0.4, -0.2) is 21.3 Å². The Morgan fingerprint density at radius 1 is 1.24 bits per heavy atom. The number of rotatable bonds is 5. The van der Waals surface area contributed by atoms with E-state index in [4.69, 9.17) is 51.5 Å². The van der Waals surface area contributed by atoms with Crippen LogP contribution >= 0.6 is 58.2 Å². The van der Waals surface area contributed by atoms with E-state index in [0.29, 0.717) is 11.6 Å². The number of thioether (sulfide) groups is 1. The molecule has 0 saturated carbocycles. The van der Waals surface area contributed by atoms with Crippen LogP contribution in [0.4, 0.5) is 13.2 Å². The van der Waals surface area contributed by atoms with Gasteiger partial charge in [-0.15, -0.1) is 11.8 Å². The maximum Gasteiger partial charge on any atom is 0.433 e. The van der Waals surface area contributed by atoms with E-state index in [0.717, 1.165) is 11.8 Å². The van der Waals surface area contributed by atoms with E-state index in [1.54, 1.807) is 6.92 Å². The van der Waals surface area contributed by atoms with Crippen LogP contribution in [0.15, 0.2) is 29.1 Å². The van der Waals surface area contributed by atoms with Crippen LogP contribution in [0.5, 0.6) is 0 Å². The number of aromatic nitrogens is 1. The Labute approximate surface area is 166 Å². The Bertz CT molecular complexity index is 710. The molecule has 0 radical (unpaired) electrons. The number of nitrogens with zero attached hydrogens (tertiary/aromatic N) is 2. The molecule has 0 saturated heterocycles. The van der Waals surface area contributed by atoms with E-state index in [1.165, 1.54) is 0 Å². The zero-order valence-electron chi connectivity index (χ0n) is 12.6. The Kier molecular flexibility index (Phi) is 8.41. The van der Waals surface area contributed by atoms with Crippen LogP contribution in [0, 0.1) is 0 Å². The molecular weight excluding hydrogens is 443 g/mol. The molecule has 1 aromatic rings. The number of aliphatic hydroxyl groups excluding tert-OH is 1. The molecule has 0 aromatic carbocycles. The molecule has 138 valence electrons. The van der Waals surface area contributed by atoms with Gasteiger partial charge in [-0.3, -0.25) is 0 Å². The molecule has 0 fully saturated rings. The normalized spacial score (nSPS) is 13.3. The molecule has 1 heterocycles. The Morgan fingerprint density at radius 2 is 1.76 bits per heavy atom. The lowest BCUT2D eigenvalue weighted by molar-refractivity contribution is -0.0925. The van der Waals surface area contributed by atoms with Gasteiger partial charge in [0.1, 0.15) is 21.8 Å². The first kappa shape index (κ1) is 22.4. The van der Waals surface area contributed by atoms with Crippen molar-refractivity contribution in [1.29, 1.82) is 0 Å². The first-order chi connectivity index (χ1) is 11.5. The van der Waals surface area contributed by atoms with Crippen molar-refractivity contribution in [3.63, 3.8) is 0 Å². The molecule has 0 aliphatic rings. The summed E-state index contributed by atoms with van der Waals surface area (Å²) in [4.78, 5) is 7.28. The van der Waals surface area contributed by atoms with Crippen LogP contribution in [0.2, 0.25) is 20.4 Å². The predicted molar refractivity (Wildman–Crippen MR) is 99.2 cm³/mol. The van der Waals surface area contributed by atoms with Gasteiger partial charge in [-0.25, -0.2) is 9.98 Å². The highest BCUT2D eigenvalue weighted by molar-refractivity contribution is 8.13.